The van der Waals surface area contributed by atoms with Crippen molar-refractivity contribution >= 4 is 40.1 Å². The van der Waals surface area contributed by atoms with Gasteiger partial charge in [0.25, 0.3) is 5.91 Å². The first-order valence-electron chi connectivity index (χ1n) is 10.0. The minimum absolute atomic E-state index is 0.0742. The predicted octanol–water partition coefficient (Wildman–Crippen LogP) is 4.66. The number of benzene rings is 2. The van der Waals surface area contributed by atoms with E-state index in [1.807, 2.05) is 0 Å². The summed E-state index contributed by atoms with van der Waals surface area (Å²) in [6, 6.07) is 11.4. The van der Waals surface area contributed by atoms with Crippen molar-refractivity contribution in [3.8, 4) is 5.75 Å². The van der Waals surface area contributed by atoms with Crippen molar-refractivity contribution in [1.29, 1.82) is 0 Å². The monoisotopic (exact) mass is 465 g/mol. The molecule has 1 aliphatic heterocycles. The number of carbonyl (C=O) groups is 1. The summed E-state index contributed by atoms with van der Waals surface area (Å²) >= 11 is 11.6. The molecular weight excluding hydrogens is 444 g/mol. The number of ether oxygens (including phenoxy) is 1. The predicted molar refractivity (Wildman–Crippen MR) is 118 cm³/mol. The number of hydrogen-bond donors (Lipinski definition) is 2. The Kier molecular flexibility index (Phi) is 6.97. The molecule has 31 heavy (non-hydrogen) atoms. The highest BCUT2D eigenvalue weighted by Crippen LogP contribution is 2.23. The number of amides is 1. The number of piperidine rings is 1. The molecule has 0 saturated carbocycles. The van der Waals surface area contributed by atoms with E-state index < -0.39 is 5.82 Å². The van der Waals surface area contributed by atoms with Gasteiger partial charge in [-0.25, -0.2) is 9.40 Å². The van der Waals surface area contributed by atoms with Crippen LogP contribution in [-0.2, 0) is 0 Å². The summed E-state index contributed by atoms with van der Waals surface area (Å²) < 4.78 is 24.6. The van der Waals surface area contributed by atoms with Gasteiger partial charge in [0, 0.05) is 42.2 Å². The van der Waals surface area contributed by atoms with Crippen LogP contribution in [0.25, 0.3) is 11.0 Å². The van der Waals surface area contributed by atoms with E-state index in [-0.39, 0.29) is 22.7 Å². The first kappa shape index (κ1) is 21.9. The second-order valence-corrected chi connectivity index (χ2v) is 8.20. The van der Waals surface area contributed by atoms with E-state index >= 15 is 0 Å². The van der Waals surface area contributed by atoms with Gasteiger partial charge in [-0.3, -0.25) is 10.2 Å². The number of rotatable bonds is 7. The van der Waals surface area contributed by atoms with Crippen molar-refractivity contribution in [2.45, 2.75) is 18.9 Å². The van der Waals surface area contributed by atoms with Gasteiger partial charge >= 0.3 is 0 Å². The van der Waals surface area contributed by atoms with Crippen molar-refractivity contribution < 1.29 is 18.3 Å². The second kappa shape index (κ2) is 9.87. The largest absolute Gasteiger partial charge is 0.492 e. The van der Waals surface area contributed by atoms with Crippen LogP contribution in [0.3, 0.4) is 0 Å². The normalized spacial score (nSPS) is 15.3. The van der Waals surface area contributed by atoms with Gasteiger partial charge in [0.1, 0.15) is 23.8 Å². The van der Waals surface area contributed by atoms with Crippen LogP contribution < -0.4 is 15.5 Å². The van der Waals surface area contributed by atoms with Crippen LogP contribution in [0.5, 0.6) is 5.75 Å². The Hall–Kier alpha value is -2.32. The van der Waals surface area contributed by atoms with Gasteiger partial charge in [0.15, 0.2) is 5.76 Å². The minimum atomic E-state index is -0.498. The van der Waals surface area contributed by atoms with E-state index in [4.69, 9.17) is 32.4 Å². The maximum absolute atomic E-state index is 13.4. The highest BCUT2D eigenvalue weighted by Gasteiger charge is 2.22. The molecule has 0 unspecified atom stereocenters. The van der Waals surface area contributed by atoms with Crippen molar-refractivity contribution in [3.63, 3.8) is 0 Å². The van der Waals surface area contributed by atoms with Gasteiger partial charge in [-0.2, -0.15) is 0 Å². The number of nitrogens with one attached hydrogen (secondary N) is 2. The molecule has 9 heteroatoms. The lowest BCUT2D eigenvalue weighted by atomic mass is 10.1. The first-order valence-corrected chi connectivity index (χ1v) is 10.8. The summed E-state index contributed by atoms with van der Waals surface area (Å²) in [6.07, 6.45) is 1.63. The fourth-order valence-corrected chi connectivity index (χ4v) is 3.80. The van der Waals surface area contributed by atoms with Gasteiger partial charge in [0.2, 0.25) is 0 Å². The van der Waals surface area contributed by atoms with Crippen molar-refractivity contribution in [2.75, 3.05) is 26.2 Å². The molecule has 0 radical (unpaired) electrons. The van der Waals surface area contributed by atoms with Crippen LogP contribution in [-0.4, -0.2) is 43.2 Å². The molecule has 0 bridgehead atoms. The SMILES string of the molecule is O=C(NC1CCN(NCCOc2ccc(Cl)c(F)c2)CC1)c1cc2cc(Cl)ccc2o1. The molecule has 0 spiro atoms. The molecule has 2 heterocycles. The van der Waals surface area contributed by atoms with E-state index in [9.17, 15) is 9.18 Å². The number of halogens is 3. The Morgan fingerprint density at radius 3 is 2.74 bits per heavy atom. The summed E-state index contributed by atoms with van der Waals surface area (Å²) in [5.41, 5.74) is 3.93. The summed E-state index contributed by atoms with van der Waals surface area (Å²) in [7, 11) is 0. The van der Waals surface area contributed by atoms with Crippen LogP contribution in [0.15, 0.2) is 46.9 Å². The third kappa shape index (κ3) is 5.68. The van der Waals surface area contributed by atoms with Gasteiger partial charge in [0.05, 0.1) is 5.02 Å². The maximum Gasteiger partial charge on any atom is 0.287 e. The number of hydrazine groups is 1. The standard InChI is InChI=1S/C22H22Cl2FN3O3/c23-15-1-4-20-14(11-15)12-21(31-20)22(29)27-16-5-8-28(9-6-16)26-7-10-30-17-2-3-18(24)19(25)13-17/h1-4,11-13,16,26H,5-10H2,(H,27,29). The molecule has 2 aromatic carbocycles. The Balaban J connectivity index is 1.18. The zero-order chi connectivity index (χ0) is 21.8. The molecule has 1 amide bonds. The number of fused-ring (bicyclic) bond motifs is 1. The minimum Gasteiger partial charge on any atom is -0.492 e. The number of furan rings is 1. The Morgan fingerprint density at radius 2 is 1.97 bits per heavy atom. The third-order valence-corrected chi connectivity index (χ3v) is 5.67. The number of hydrogen-bond acceptors (Lipinski definition) is 5. The Morgan fingerprint density at radius 1 is 1.16 bits per heavy atom. The van der Waals surface area contributed by atoms with Crippen LogP contribution in [0.4, 0.5) is 4.39 Å². The molecule has 0 aliphatic carbocycles. The molecule has 1 aliphatic rings. The molecule has 6 nitrogen and oxygen atoms in total. The third-order valence-electron chi connectivity index (χ3n) is 5.13. The van der Waals surface area contributed by atoms with Crippen LogP contribution in [0, 0.1) is 5.82 Å². The van der Waals surface area contributed by atoms with Gasteiger partial charge in [-0.15, -0.1) is 0 Å². The molecule has 0 atom stereocenters. The quantitative estimate of drug-likeness (QED) is 0.496. The fourth-order valence-electron chi connectivity index (χ4n) is 3.50. The maximum atomic E-state index is 13.4. The molecule has 4 rings (SSSR count). The molecule has 3 aromatic rings. The average Bonchev–Trinajstić information content (AvgIpc) is 3.18. The number of nitrogens with zero attached hydrogens (tertiary/aromatic N) is 1. The van der Waals surface area contributed by atoms with Gasteiger partial charge in [-0.05, 0) is 49.2 Å². The summed E-state index contributed by atoms with van der Waals surface area (Å²) in [6.45, 7) is 2.56. The van der Waals surface area contributed by atoms with Crippen molar-refractivity contribution in [1.82, 2.24) is 15.8 Å². The molecule has 1 fully saturated rings. The molecule has 1 aromatic heterocycles. The highest BCUT2D eigenvalue weighted by molar-refractivity contribution is 6.31. The van der Waals surface area contributed by atoms with E-state index in [0.29, 0.717) is 29.5 Å². The highest BCUT2D eigenvalue weighted by atomic mass is 35.5. The van der Waals surface area contributed by atoms with E-state index in [0.717, 1.165) is 31.3 Å². The first-order chi connectivity index (χ1) is 15.0. The van der Waals surface area contributed by atoms with Gasteiger partial charge < -0.3 is 14.5 Å². The molecule has 164 valence electrons. The van der Waals surface area contributed by atoms with E-state index in [1.54, 1.807) is 30.3 Å². The van der Waals surface area contributed by atoms with E-state index in [1.165, 1.54) is 12.1 Å². The molecule has 2 N–H and O–H groups in total. The Bertz CT molecular complexity index is 1070. The van der Waals surface area contributed by atoms with Crippen molar-refractivity contribution in [3.05, 3.63) is 64.1 Å². The van der Waals surface area contributed by atoms with Crippen LogP contribution in [0.1, 0.15) is 23.4 Å². The lowest BCUT2D eigenvalue weighted by Gasteiger charge is -2.32. The lowest BCUT2D eigenvalue weighted by Crippen LogP contribution is -2.50. The summed E-state index contributed by atoms with van der Waals surface area (Å²) in [4.78, 5) is 12.5. The topological polar surface area (TPSA) is 66.7 Å². The second-order valence-electron chi connectivity index (χ2n) is 7.36. The summed E-state index contributed by atoms with van der Waals surface area (Å²) in [5.74, 6) is 0.0107. The van der Waals surface area contributed by atoms with Crippen LogP contribution in [0.2, 0.25) is 10.0 Å². The smallest absolute Gasteiger partial charge is 0.287 e. The van der Waals surface area contributed by atoms with Crippen molar-refractivity contribution in [2.24, 2.45) is 0 Å². The summed E-state index contributed by atoms with van der Waals surface area (Å²) in [5, 5.41) is 6.62. The zero-order valence-electron chi connectivity index (χ0n) is 16.7. The molecular formula is C22H22Cl2FN3O3. The van der Waals surface area contributed by atoms with E-state index in [2.05, 4.69) is 15.8 Å². The zero-order valence-corrected chi connectivity index (χ0v) is 18.2. The lowest BCUT2D eigenvalue weighted by molar-refractivity contribution is 0.0852. The van der Waals surface area contributed by atoms with Gasteiger partial charge in [-0.1, -0.05) is 23.2 Å². The fraction of sp³-hybridized carbons (Fsp3) is 0.318. The molecule has 1 saturated heterocycles. The Labute approximate surface area is 189 Å². The average molecular weight is 466 g/mol. The van der Waals surface area contributed by atoms with Crippen LogP contribution >= 0.6 is 23.2 Å². The number of carbonyl (C=O) groups excluding carboxylic acids is 1.